The van der Waals surface area contributed by atoms with Gasteiger partial charge in [0.15, 0.2) is 46.7 Å². The zero-order chi connectivity index (χ0) is 44.9. The summed E-state index contributed by atoms with van der Waals surface area (Å²) in [6.45, 7) is 0. The van der Waals surface area contributed by atoms with Crippen LogP contribution in [0, 0.1) is 0 Å². The molecule has 0 fully saturated rings. The van der Waals surface area contributed by atoms with Crippen LogP contribution in [-0.2, 0) is 6.42 Å². The second kappa shape index (κ2) is 14.7. The van der Waals surface area contributed by atoms with E-state index >= 15 is 0 Å². The van der Waals surface area contributed by atoms with E-state index < -0.39 is 123 Å². The van der Waals surface area contributed by atoms with Crippen molar-refractivity contribution >= 4 is 0 Å². The monoisotopic (exact) mass is 866 g/mol. The number of benzene rings is 6. The van der Waals surface area contributed by atoms with Crippen molar-refractivity contribution < 1.29 is 90.8 Å². The van der Waals surface area contributed by atoms with Gasteiger partial charge in [0.25, 0.3) is 0 Å². The molecule has 326 valence electrons. The molecule has 63 heavy (non-hydrogen) atoms. The lowest BCUT2D eigenvalue weighted by atomic mass is 9.73. The quantitative estimate of drug-likeness (QED) is 0.106. The smallest absolute Gasteiger partial charge is 0.157 e. The first-order valence-electron chi connectivity index (χ1n) is 19.3. The minimum Gasteiger partial charge on any atom is -0.508 e. The average Bonchev–Trinajstić information content (AvgIpc) is 3.22. The number of phenolic OH excluding ortho intramolecular Hbond substituents is 12. The molecule has 2 unspecified atom stereocenters. The Morgan fingerprint density at radius 1 is 0.365 bits per heavy atom. The number of hydrogen-bond acceptors (Lipinski definition) is 18. The molecule has 0 bridgehead atoms. The molecule has 0 aromatic heterocycles. The van der Waals surface area contributed by atoms with Crippen LogP contribution in [0.1, 0.15) is 74.7 Å². The minimum atomic E-state index is -1.90. The zero-order valence-corrected chi connectivity index (χ0v) is 32.3. The number of hydrogen-bond donors (Lipinski definition) is 15. The lowest BCUT2D eigenvalue weighted by molar-refractivity contribution is -0.00562. The van der Waals surface area contributed by atoms with Crippen LogP contribution in [0.25, 0.3) is 0 Å². The Morgan fingerprint density at radius 3 is 1.29 bits per heavy atom. The number of phenols is 12. The molecule has 6 aromatic rings. The lowest BCUT2D eigenvalue weighted by Crippen LogP contribution is -2.39. The van der Waals surface area contributed by atoms with E-state index in [0.717, 1.165) is 60.7 Å². The molecule has 15 N–H and O–H groups in total. The average molecular weight is 867 g/mol. The lowest BCUT2D eigenvalue weighted by Gasteiger charge is -2.43. The zero-order valence-electron chi connectivity index (χ0n) is 32.3. The van der Waals surface area contributed by atoms with Crippen LogP contribution in [0.15, 0.2) is 78.9 Å². The van der Waals surface area contributed by atoms with E-state index in [1.165, 1.54) is 18.2 Å². The number of aromatic hydroxyl groups is 12. The second-order valence-electron chi connectivity index (χ2n) is 15.7. The summed E-state index contributed by atoms with van der Waals surface area (Å²) in [6.07, 6.45) is -9.93. The molecule has 0 aliphatic carbocycles. The van der Waals surface area contributed by atoms with Crippen molar-refractivity contribution in [2.24, 2.45) is 0 Å². The van der Waals surface area contributed by atoms with Crippen LogP contribution in [0.2, 0.25) is 0 Å². The molecule has 0 amide bonds. The van der Waals surface area contributed by atoms with E-state index in [-0.39, 0.29) is 62.4 Å². The molecular formula is C45H38O18. The molecule has 18 heteroatoms. The fraction of sp³-hybridized carbons (Fsp3) is 0.200. The van der Waals surface area contributed by atoms with Crippen molar-refractivity contribution in [3.8, 4) is 86.2 Å². The molecular weight excluding hydrogens is 828 g/mol. The number of rotatable bonds is 5. The van der Waals surface area contributed by atoms with E-state index in [2.05, 4.69) is 0 Å². The molecule has 0 saturated heterocycles. The molecule has 18 nitrogen and oxygen atoms in total. The third-order valence-electron chi connectivity index (χ3n) is 11.8. The Balaban J connectivity index is 1.31. The van der Waals surface area contributed by atoms with Crippen LogP contribution in [0.3, 0.4) is 0 Å². The standard InChI is InChI=1S/C45H38O18/c46-18-10-27(54)33-32(11-18)61-42(16-2-5-21(48)25(52)8-16)39(59)37(33)35-29(56)14-30(57)36-38(40(60)43(63-45(35)36)17-3-6-22(49)26(53)9-17)34-28(55)13-23(50)19-12-31(58)41(62-44(19)34)15-1-4-20(47)24(51)7-15/h1-11,13-14,31,37-43,46-60H,12H2/t31?,37-,38+,39-,40?,41-,42-,43-/m1/s1. The third kappa shape index (κ3) is 6.46. The van der Waals surface area contributed by atoms with E-state index in [1.807, 2.05) is 0 Å². The number of aliphatic hydroxyl groups excluding tert-OH is 3. The molecule has 0 saturated carbocycles. The van der Waals surface area contributed by atoms with Gasteiger partial charge in [0.2, 0.25) is 0 Å². The summed E-state index contributed by atoms with van der Waals surface area (Å²) in [6, 6.07) is 14.4. The SMILES string of the molecule is Oc1cc(O)c2c(c1)O[C@H](c1ccc(O)c(O)c1)[C@H](O)[C@H]2c1c(O)cc(O)c2c1O[C@H](c1ccc(O)c(O)c1)C(O)[C@H]2c1c(O)cc(O)c2c1O[C@H](c1ccc(O)c(O)c1)C(O)C2. The predicted octanol–water partition coefficient (Wildman–Crippen LogP) is 4.44. The van der Waals surface area contributed by atoms with Crippen LogP contribution >= 0.6 is 0 Å². The van der Waals surface area contributed by atoms with E-state index in [4.69, 9.17) is 14.2 Å². The fourth-order valence-corrected chi connectivity index (χ4v) is 8.94. The molecule has 3 aliphatic heterocycles. The van der Waals surface area contributed by atoms with Gasteiger partial charge >= 0.3 is 0 Å². The first-order valence-corrected chi connectivity index (χ1v) is 19.3. The summed E-state index contributed by atoms with van der Waals surface area (Å²) in [4.78, 5) is 0. The van der Waals surface area contributed by atoms with Gasteiger partial charge in [0.1, 0.15) is 70.1 Å². The highest BCUT2D eigenvalue weighted by molar-refractivity contribution is 5.70. The van der Waals surface area contributed by atoms with Crippen molar-refractivity contribution in [1.29, 1.82) is 0 Å². The third-order valence-corrected chi connectivity index (χ3v) is 11.8. The summed E-state index contributed by atoms with van der Waals surface area (Å²) in [7, 11) is 0. The molecule has 0 spiro atoms. The van der Waals surface area contributed by atoms with Gasteiger partial charge in [0.05, 0.1) is 17.9 Å². The first-order chi connectivity index (χ1) is 29.9. The van der Waals surface area contributed by atoms with Gasteiger partial charge in [0, 0.05) is 58.5 Å². The van der Waals surface area contributed by atoms with E-state index in [1.54, 1.807) is 0 Å². The number of fused-ring (bicyclic) bond motifs is 3. The largest absolute Gasteiger partial charge is 0.508 e. The predicted molar refractivity (Wildman–Crippen MR) is 214 cm³/mol. The maximum atomic E-state index is 12.5. The Bertz CT molecular complexity index is 2840. The second-order valence-corrected chi connectivity index (χ2v) is 15.7. The maximum absolute atomic E-state index is 12.5. The van der Waals surface area contributed by atoms with Gasteiger partial charge in [-0.2, -0.15) is 0 Å². The van der Waals surface area contributed by atoms with Crippen molar-refractivity contribution in [2.45, 2.75) is 54.9 Å². The summed E-state index contributed by atoms with van der Waals surface area (Å²) in [5.74, 6) is -11.5. The Hall–Kier alpha value is -7.80. The Kier molecular flexibility index (Phi) is 9.46. The fourth-order valence-electron chi connectivity index (χ4n) is 8.94. The Labute approximate surface area is 354 Å². The van der Waals surface area contributed by atoms with Crippen LogP contribution in [0.5, 0.6) is 86.2 Å². The van der Waals surface area contributed by atoms with E-state index in [9.17, 15) is 76.6 Å². The maximum Gasteiger partial charge on any atom is 0.157 e. The van der Waals surface area contributed by atoms with Gasteiger partial charge in [-0.25, -0.2) is 0 Å². The van der Waals surface area contributed by atoms with E-state index in [0.29, 0.717) is 0 Å². The highest BCUT2D eigenvalue weighted by atomic mass is 16.5. The van der Waals surface area contributed by atoms with Gasteiger partial charge < -0.3 is 90.8 Å². The highest BCUT2D eigenvalue weighted by Crippen LogP contribution is 2.62. The Morgan fingerprint density at radius 2 is 0.778 bits per heavy atom. The molecule has 3 heterocycles. The van der Waals surface area contributed by atoms with Gasteiger partial charge in [-0.3, -0.25) is 0 Å². The minimum absolute atomic E-state index is 0.0127. The van der Waals surface area contributed by atoms with Gasteiger partial charge in [-0.05, 0) is 53.1 Å². The molecule has 3 aliphatic rings. The van der Waals surface area contributed by atoms with Crippen LogP contribution in [-0.4, -0.2) is 94.9 Å². The number of ether oxygens (including phenoxy) is 3. The van der Waals surface area contributed by atoms with Crippen molar-refractivity contribution in [3.05, 3.63) is 123 Å². The summed E-state index contributed by atoms with van der Waals surface area (Å²) in [5, 5.41) is 166. The van der Waals surface area contributed by atoms with Crippen molar-refractivity contribution in [1.82, 2.24) is 0 Å². The summed E-state index contributed by atoms with van der Waals surface area (Å²) >= 11 is 0. The topological polar surface area (TPSA) is 331 Å². The van der Waals surface area contributed by atoms with Crippen LogP contribution in [0.4, 0.5) is 0 Å². The normalized spacial score (nSPS) is 23.6. The van der Waals surface area contributed by atoms with Gasteiger partial charge in [-0.1, -0.05) is 18.2 Å². The molecule has 0 radical (unpaired) electrons. The summed E-state index contributed by atoms with van der Waals surface area (Å²) in [5.41, 5.74) is -1.10. The number of aliphatic hydroxyl groups is 3. The molecule has 6 aromatic carbocycles. The molecule has 9 rings (SSSR count). The molecule has 8 atom stereocenters. The van der Waals surface area contributed by atoms with Crippen LogP contribution < -0.4 is 14.2 Å². The summed E-state index contributed by atoms with van der Waals surface area (Å²) < 4.78 is 18.9. The first kappa shape index (κ1) is 40.6. The van der Waals surface area contributed by atoms with Crippen molar-refractivity contribution in [3.63, 3.8) is 0 Å². The van der Waals surface area contributed by atoms with Gasteiger partial charge in [-0.15, -0.1) is 0 Å². The van der Waals surface area contributed by atoms with Crippen molar-refractivity contribution in [2.75, 3.05) is 0 Å². The highest BCUT2D eigenvalue weighted by Gasteiger charge is 2.51.